The first-order valence-electron chi connectivity index (χ1n) is 7.74. The Labute approximate surface area is 147 Å². The predicted molar refractivity (Wildman–Crippen MR) is 92.6 cm³/mol. The van der Waals surface area contributed by atoms with E-state index in [0.717, 1.165) is 5.56 Å². The molecule has 7 nitrogen and oxygen atoms in total. The molecule has 0 spiro atoms. The Balaban J connectivity index is 2.69. The van der Waals surface area contributed by atoms with Crippen LogP contribution < -0.4 is 10.6 Å². The molecule has 0 aromatic heterocycles. The predicted octanol–water partition coefficient (Wildman–Crippen LogP) is 1.93. The van der Waals surface area contributed by atoms with E-state index in [1.807, 2.05) is 30.3 Å². The van der Waals surface area contributed by atoms with E-state index < -0.39 is 29.6 Å². The second-order valence-corrected chi connectivity index (χ2v) is 6.34. The molecule has 0 aliphatic carbocycles. The van der Waals surface area contributed by atoms with Crippen LogP contribution in [0.2, 0.25) is 0 Å². The van der Waals surface area contributed by atoms with Gasteiger partial charge < -0.3 is 14.8 Å². The number of alkyl carbamates (subject to hydrolysis) is 1. The van der Waals surface area contributed by atoms with E-state index in [0.29, 0.717) is 0 Å². The fraction of sp³-hybridized carbons (Fsp3) is 0.389. The molecule has 1 rings (SSSR count). The number of esters is 1. The highest BCUT2D eigenvalue weighted by atomic mass is 16.6. The summed E-state index contributed by atoms with van der Waals surface area (Å²) >= 11 is 0. The molecule has 0 saturated carbocycles. The highest BCUT2D eigenvalue weighted by molar-refractivity contribution is 5.97. The number of rotatable bonds is 6. The minimum atomic E-state index is -0.905. The summed E-state index contributed by atoms with van der Waals surface area (Å²) in [5.74, 6) is -1.29. The first-order chi connectivity index (χ1) is 11.6. The molecular weight excluding hydrogens is 324 g/mol. The fourth-order valence-electron chi connectivity index (χ4n) is 1.91. The van der Waals surface area contributed by atoms with Gasteiger partial charge in [0.2, 0.25) is 0 Å². The quantitative estimate of drug-likeness (QED) is 0.605. The summed E-state index contributed by atoms with van der Waals surface area (Å²) in [4.78, 5) is 35.8. The second kappa shape index (κ2) is 8.86. The van der Waals surface area contributed by atoms with Crippen LogP contribution in [-0.2, 0) is 25.5 Å². The zero-order valence-corrected chi connectivity index (χ0v) is 14.9. The molecule has 0 aliphatic rings. The number of benzene rings is 1. The molecule has 7 heteroatoms. The highest BCUT2D eigenvalue weighted by Crippen LogP contribution is 2.08. The van der Waals surface area contributed by atoms with Crippen LogP contribution in [0.15, 0.2) is 42.6 Å². The normalized spacial score (nSPS) is 11.8. The molecule has 25 heavy (non-hydrogen) atoms. The van der Waals surface area contributed by atoms with Gasteiger partial charge >= 0.3 is 12.1 Å². The Bertz CT molecular complexity index is 635. The molecule has 0 bridgehead atoms. The Kier molecular flexibility index (Phi) is 7.17. The summed E-state index contributed by atoms with van der Waals surface area (Å²) in [5, 5.41) is 4.74. The zero-order chi connectivity index (χ0) is 19.0. The Morgan fingerprint density at radius 3 is 2.28 bits per heavy atom. The van der Waals surface area contributed by atoms with Crippen LogP contribution in [0.4, 0.5) is 4.79 Å². The second-order valence-electron chi connectivity index (χ2n) is 6.34. The number of carbonyl (C=O) groups excluding carboxylic acids is 3. The van der Waals surface area contributed by atoms with Gasteiger partial charge in [0.25, 0.3) is 5.91 Å². The lowest BCUT2D eigenvalue weighted by Crippen LogP contribution is -2.46. The number of hydrogen-bond donors (Lipinski definition) is 2. The van der Waals surface area contributed by atoms with Gasteiger partial charge in [-0.25, -0.2) is 9.59 Å². The third-order valence-corrected chi connectivity index (χ3v) is 3.00. The van der Waals surface area contributed by atoms with E-state index in [1.54, 1.807) is 20.8 Å². The lowest BCUT2D eigenvalue weighted by atomic mass is 10.1. The van der Waals surface area contributed by atoms with Crippen molar-refractivity contribution < 1.29 is 23.9 Å². The Hall–Kier alpha value is -2.83. The molecule has 2 N–H and O–H groups in total. The van der Waals surface area contributed by atoms with Crippen molar-refractivity contribution in [3.05, 3.63) is 48.2 Å². The van der Waals surface area contributed by atoms with Gasteiger partial charge in [-0.2, -0.15) is 0 Å². The van der Waals surface area contributed by atoms with Crippen LogP contribution in [0.5, 0.6) is 0 Å². The van der Waals surface area contributed by atoms with E-state index in [4.69, 9.17) is 9.47 Å². The summed E-state index contributed by atoms with van der Waals surface area (Å²) in [6.07, 6.45) is -0.552. The van der Waals surface area contributed by atoms with Crippen LogP contribution in [0, 0.1) is 0 Å². The summed E-state index contributed by atoms with van der Waals surface area (Å²) in [6.45, 7) is 8.58. The third kappa shape index (κ3) is 7.52. The number of methoxy groups -OCH3 is 1. The van der Waals surface area contributed by atoms with Crippen molar-refractivity contribution in [2.45, 2.75) is 38.8 Å². The van der Waals surface area contributed by atoms with Gasteiger partial charge in [0.15, 0.2) is 0 Å². The molecule has 1 aromatic carbocycles. The number of nitrogens with one attached hydrogen (secondary N) is 2. The van der Waals surface area contributed by atoms with E-state index in [2.05, 4.69) is 17.2 Å². The average molecular weight is 348 g/mol. The van der Waals surface area contributed by atoms with Crippen molar-refractivity contribution >= 4 is 18.0 Å². The minimum Gasteiger partial charge on any atom is -0.467 e. The van der Waals surface area contributed by atoms with E-state index in [-0.39, 0.29) is 12.1 Å². The van der Waals surface area contributed by atoms with Crippen molar-refractivity contribution in [3.8, 4) is 0 Å². The number of amides is 2. The SMILES string of the molecule is C=C(NC(=O)OC(C)(C)C)C(=O)N[C@@H](Cc1ccccc1)C(=O)OC. The Morgan fingerprint density at radius 2 is 1.76 bits per heavy atom. The third-order valence-electron chi connectivity index (χ3n) is 3.00. The molecule has 1 atom stereocenters. The van der Waals surface area contributed by atoms with Gasteiger partial charge in [-0.1, -0.05) is 36.9 Å². The number of carbonyl (C=O) groups is 3. The van der Waals surface area contributed by atoms with Gasteiger partial charge in [0, 0.05) is 6.42 Å². The maximum Gasteiger partial charge on any atom is 0.412 e. The fourth-order valence-corrected chi connectivity index (χ4v) is 1.91. The lowest BCUT2D eigenvalue weighted by molar-refractivity contribution is -0.144. The van der Waals surface area contributed by atoms with Gasteiger partial charge in [-0.15, -0.1) is 0 Å². The van der Waals surface area contributed by atoms with Crippen molar-refractivity contribution in [3.63, 3.8) is 0 Å². The maximum absolute atomic E-state index is 12.2. The Morgan fingerprint density at radius 1 is 1.16 bits per heavy atom. The maximum atomic E-state index is 12.2. The van der Waals surface area contributed by atoms with Crippen molar-refractivity contribution in [2.24, 2.45) is 0 Å². The molecule has 0 saturated heterocycles. The molecule has 1 aromatic rings. The summed E-state index contributed by atoms with van der Waals surface area (Å²) in [5.41, 5.74) is -0.0805. The molecule has 0 heterocycles. The van der Waals surface area contributed by atoms with E-state index >= 15 is 0 Å². The van der Waals surface area contributed by atoms with Gasteiger partial charge in [-0.3, -0.25) is 10.1 Å². The summed E-state index contributed by atoms with van der Waals surface area (Å²) in [6, 6.07) is 8.26. The van der Waals surface area contributed by atoms with Crippen molar-refractivity contribution in [2.75, 3.05) is 7.11 Å². The highest BCUT2D eigenvalue weighted by Gasteiger charge is 2.24. The van der Waals surface area contributed by atoms with Gasteiger partial charge in [-0.05, 0) is 26.3 Å². The first kappa shape index (κ1) is 20.2. The van der Waals surface area contributed by atoms with Crippen molar-refractivity contribution in [1.82, 2.24) is 10.6 Å². The number of hydrogen-bond acceptors (Lipinski definition) is 5. The summed E-state index contributed by atoms with van der Waals surface area (Å²) < 4.78 is 9.76. The molecule has 0 unspecified atom stereocenters. The average Bonchev–Trinajstić information content (AvgIpc) is 2.52. The molecular formula is C18H24N2O5. The van der Waals surface area contributed by atoms with Gasteiger partial charge in [0.1, 0.15) is 17.3 Å². The van der Waals surface area contributed by atoms with Crippen molar-refractivity contribution in [1.29, 1.82) is 0 Å². The minimum absolute atomic E-state index is 0.226. The van der Waals surface area contributed by atoms with E-state index in [1.165, 1.54) is 7.11 Å². The van der Waals surface area contributed by atoms with Crippen LogP contribution in [0.25, 0.3) is 0 Å². The summed E-state index contributed by atoms with van der Waals surface area (Å²) in [7, 11) is 1.24. The van der Waals surface area contributed by atoms with Crippen LogP contribution >= 0.6 is 0 Å². The van der Waals surface area contributed by atoms with Crippen LogP contribution in [0.1, 0.15) is 26.3 Å². The molecule has 0 fully saturated rings. The lowest BCUT2D eigenvalue weighted by Gasteiger charge is -2.21. The molecule has 0 aliphatic heterocycles. The van der Waals surface area contributed by atoms with E-state index in [9.17, 15) is 14.4 Å². The van der Waals surface area contributed by atoms with Crippen LogP contribution in [-0.4, -0.2) is 36.7 Å². The number of ether oxygens (including phenoxy) is 2. The van der Waals surface area contributed by atoms with Gasteiger partial charge in [0.05, 0.1) is 7.11 Å². The molecule has 0 radical (unpaired) electrons. The topological polar surface area (TPSA) is 93.7 Å². The smallest absolute Gasteiger partial charge is 0.412 e. The molecule has 136 valence electrons. The zero-order valence-electron chi connectivity index (χ0n) is 14.9. The standard InChI is InChI=1S/C18H24N2O5/c1-12(19-17(23)25-18(2,3)4)15(21)20-14(16(22)24-5)11-13-9-7-6-8-10-13/h6-10,14H,1,11H2,2-5H3,(H,19,23)(H,20,21)/t14-/m0/s1. The van der Waals surface area contributed by atoms with Crippen LogP contribution in [0.3, 0.4) is 0 Å². The molecule has 2 amide bonds. The monoisotopic (exact) mass is 348 g/mol. The largest absolute Gasteiger partial charge is 0.467 e. The first-order valence-corrected chi connectivity index (χ1v) is 7.74.